The molecule has 0 spiro atoms. The molecule has 2 aromatic rings. The summed E-state index contributed by atoms with van der Waals surface area (Å²) < 4.78 is 5.67. The number of aromatic nitrogens is 1. The molecule has 1 heterocycles. The van der Waals surface area contributed by atoms with Gasteiger partial charge in [-0.1, -0.05) is 12.1 Å². The number of nitrogens with zero attached hydrogens (tertiary/aromatic N) is 2. The molecule has 0 saturated heterocycles. The number of hydrogen-bond donors (Lipinski definition) is 1. The Labute approximate surface area is 112 Å². The Hall–Kier alpha value is -2.38. The topological polar surface area (TPSA) is 57.9 Å². The largest absolute Gasteiger partial charge is 0.438 e. The van der Waals surface area contributed by atoms with Crippen LogP contribution in [-0.4, -0.2) is 12.0 Å². The number of hydrogen-bond acceptors (Lipinski definition) is 4. The molecule has 1 aromatic carbocycles. The maximum atomic E-state index is 9.02. The van der Waals surface area contributed by atoms with Gasteiger partial charge in [-0.25, -0.2) is 4.98 Å². The molecule has 0 aliphatic rings. The zero-order chi connectivity index (χ0) is 13.7. The van der Waals surface area contributed by atoms with E-state index in [0.717, 1.165) is 5.56 Å². The second-order valence-corrected chi connectivity index (χ2v) is 4.15. The fourth-order valence-corrected chi connectivity index (χ4v) is 1.68. The average Bonchev–Trinajstić information content (AvgIpc) is 2.47. The summed E-state index contributed by atoms with van der Waals surface area (Å²) in [6.07, 6.45) is 1.70. The van der Waals surface area contributed by atoms with Gasteiger partial charge in [0.2, 0.25) is 5.88 Å². The van der Waals surface area contributed by atoms with E-state index in [1.54, 1.807) is 24.4 Å². The fraction of sp³-hybridized carbons (Fsp3) is 0.200. The van der Waals surface area contributed by atoms with Gasteiger partial charge >= 0.3 is 0 Å². The lowest BCUT2D eigenvalue weighted by Gasteiger charge is -2.12. The molecule has 2 rings (SSSR count). The first-order valence-electron chi connectivity index (χ1n) is 6.05. The van der Waals surface area contributed by atoms with Gasteiger partial charge in [0.05, 0.1) is 5.56 Å². The Morgan fingerprint density at radius 1 is 1.32 bits per heavy atom. The van der Waals surface area contributed by atoms with Gasteiger partial charge in [0.15, 0.2) is 0 Å². The maximum absolute atomic E-state index is 9.02. The molecule has 1 unspecified atom stereocenters. The van der Waals surface area contributed by atoms with Gasteiger partial charge in [0, 0.05) is 18.3 Å². The van der Waals surface area contributed by atoms with E-state index in [2.05, 4.69) is 23.3 Å². The van der Waals surface area contributed by atoms with Crippen LogP contribution in [0.3, 0.4) is 0 Å². The minimum absolute atomic E-state index is 0.219. The highest BCUT2D eigenvalue weighted by atomic mass is 16.5. The van der Waals surface area contributed by atoms with Gasteiger partial charge in [-0.15, -0.1) is 0 Å². The molecule has 0 bridgehead atoms. The summed E-state index contributed by atoms with van der Waals surface area (Å²) in [5.74, 6) is 1.01. The molecule has 0 aliphatic carbocycles. The Kier molecular flexibility index (Phi) is 4.11. The maximum Gasteiger partial charge on any atom is 0.219 e. The summed E-state index contributed by atoms with van der Waals surface area (Å²) in [6.45, 7) is 2.06. The van der Waals surface area contributed by atoms with E-state index in [9.17, 15) is 0 Å². The number of nitrogens with one attached hydrogen (secondary N) is 1. The van der Waals surface area contributed by atoms with Gasteiger partial charge < -0.3 is 10.1 Å². The first kappa shape index (κ1) is 13.1. The summed E-state index contributed by atoms with van der Waals surface area (Å²) in [7, 11) is 1.90. The van der Waals surface area contributed by atoms with Crippen LogP contribution in [0.1, 0.15) is 24.1 Å². The van der Waals surface area contributed by atoms with Crippen LogP contribution >= 0.6 is 0 Å². The summed E-state index contributed by atoms with van der Waals surface area (Å²) in [5.41, 5.74) is 1.58. The molecule has 0 radical (unpaired) electrons. The Bertz CT molecular complexity index is 604. The SMILES string of the molecule is CNC(C)c1ccnc(Oc2ccccc2C#N)c1. The smallest absolute Gasteiger partial charge is 0.219 e. The van der Waals surface area contributed by atoms with Crippen molar-refractivity contribution in [3.05, 3.63) is 53.7 Å². The summed E-state index contributed by atoms with van der Waals surface area (Å²) in [4.78, 5) is 4.17. The van der Waals surface area contributed by atoms with Gasteiger partial charge in [-0.2, -0.15) is 5.26 Å². The van der Waals surface area contributed by atoms with E-state index in [4.69, 9.17) is 10.00 Å². The second kappa shape index (κ2) is 5.98. The van der Waals surface area contributed by atoms with Crippen molar-refractivity contribution in [2.75, 3.05) is 7.05 Å². The van der Waals surface area contributed by atoms with Crippen molar-refractivity contribution < 1.29 is 4.74 Å². The lowest BCUT2D eigenvalue weighted by atomic mass is 10.1. The minimum atomic E-state index is 0.219. The van der Waals surface area contributed by atoms with Gasteiger partial charge in [-0.3, -0.25) is 0 Å². The lowest BCUT2D eigenvalue weighted by molar-refractivity contribution is 0.459. The predicted molar refractivity (Wildman–Crippen MR) is 72.9 cm³/mol. The highest BCUT2D eigenvalue weighted by Gasteiger charge is 2.07. The van der Waals surface area contributed by atoms with Crippen LogP contribution in [0.5, 0.6) is 11.6 Å². The molecule has 4 heteroatoms. The highest BCUT2D eigenvalue weighted by molar-refractivity contribution is 5.44. The summed E-state index contributed by atoms with van der Waals surface area (Å²) in [5, 5.41) is 12.2. The van der Waals surface area contributed by atoms with Crippen LogP contribution in [-0.2, 0) is 0 Å². The molecule has 96 valence electrons. The number of pyridine rings is 1. The van der Waals surface area contributed by atoms with Crippen LogP contribution in [0, 0.1) is 11.3 Å². The molecular formula is C15H15N3O. The quantitative estimate of drug-likeness (QED) is 0.909. The normalized spacial score (nSPS) is 11.6. The molecule has 1 N–H and O–H groups in total. The zero-order valence-electron chi connectivity index (χ0n) is 10.9. The van der Waals surface area contributed by atoms with Gasteiger partial charge in [-0.05, 0) is 37.7 Å². The van der Waals surface area contributed by atoms with Crippen molar-refractivity contribution in [2.24, 2.45) is 0 Å². The van der Waals surface area contributed by atoms with Crippen LogP contribution in [0.2, 0.25) is 0 Å². The number of benzene rings is 1. The third-order valence-corrected chi connectivity index (χ3v) is 2.91. The van der Waals surface area contributed by atoms with E-state index in [1.807, 2.05) is 25.2 Å². The summed E-state index contributed by atoms with van der Waals surface area (Å²) >= 11 is 0. The first-order valence-corrected chi connectivity index (χ1v) is 6.05. The molecule has 1 atom stereocenters. The number of nitriles is 1. The Balaban J connectivity index is 2.26. The van der Waals surface area contributed by atoms with Crippen molar-refractivity contribution in [1.29, 1.82) is 5.26 Å². The number of rotatable bonds is 4. The second-order valence-electron chi connectivity index (χ2n) is 4.15. The van der Waals surface area contributed by atoms with Crippen molar-refractivity contribution in [3.63, 3.8) is 0 Å². The molecule has 0 fully saturated rings. The average molecular weight is 253 g/mol. The van der Waals surface area contributed by atoms with Gasteiger partial charge in [0.1, 0.15) is 11.8 Å². The third kappa shape index (κ3) is 3.09. The van der Waals surface area contributed by atoms with Crippen molar-refractivity contribution >= 4 is 0 Å². The van der Waals surface area contributed by atoms with Crippen molar-refractivity contribution in [2.45, 2.75) is 13.0 Å². The van der Waals surface area contributed by atoms with Crippen LogP contribution in [0.25, 0.3) is 0 Å². The lowest BCUT2D eigenvalue weighted by Crippen LogP contribution is -2.12. The monoisotopic (exact) mass is 253 g/mol. The standard InChI is InChI=1S/C15H15N3O/c1-11(17-2)12-7-8-18-15(9-12)19-14-6-4-3-5-13(14)10-16/h3-9,11,17H,1-2H3. The Morgan fingerprint density at radius 2 is 2.11 bits per heavy atom. The molecule has 0 amide bonds. The molecule has 1 aromatic heterocycles. The zero-order valence-corrected chi connectivity index (χ0v) is 10.9. The van der Waals surface area contributed by atoms with Crippen LogP contribution < -0.4 is 10.1 Å². The molecule has 19 heavy (non-hydrogen) atoms. The predicted octanol–water partition coefficient (Wildman–Crippen LogP) is 3.03. The van der Waals surface area contributed by atoms with E-state index < -0.39 is 0 Å². The molecular weight excluding hydrogens is 238 g/mol. The van der Waals surface area contributed by atoms with E-state index in [1.165, 1.54) is 0 Å². The van der Waals surface area contributed by atoms with E-state index in [-0.39, 0.29) is 6.04 Å². The highest BCUT2D eigenvalue weighted by Crippen LogP contribution is 2.24. The van der Waals surface area contributed by atoms with Crippen LogP contribution in [0.4, 0.5) is 0 Å². The molecule has 0 aliphatic heterocycles. The first-order chi connectivity index (χ1) is 9.24. The fourth-order valence-electron chi connectivity index (χ4n) is 1.68. The number of ether oxygens (including phenoxy) is 1. The number of para-hydroxylation sites is 1. The molecule has 0 saturated carbocycles. The van der Waals surface area contributed by atoms with Crippen molar-refractivity contribution in [1.82, 2.24) is 10.3 Å². The van der Waals surface area contributed by atoms with E-state index >= 15 is 0 Å². The van der Waals surface area contributed by atoms with E-state index in [0.29, 0.717) is 17.2 Å². The van der Waals surface area contributed by atoms with Crippen molar-refractivity contribution in [3.8, 4) is 17.7 Å². The summed E-state index contributed by atoms with van der Waals surface area (Å²) in [6, 6.07) is 13.2. The molecule has 4 nitrogen and oxygen atoms in total. The van der Waals surface area contributed by atoms with Gasteiger partial charge in [0.25, 0.3) is 0 Å². The third-order valence-electron chi connectivity index (χ3n) is 2.91. The minimum Gasteiger partial charge on any atom is -0.438 e. The Morgan fingerprint density at radius 3 is 2.84 bits per heavy atom. The van der Waals surface area contributed by atoms with Crippen LogP contribution in [0.15, 0.2) is 42.6 Å².